The van der Waals surface area contributed by atoms with Crippen LogP contribution >= 0.6 is 0 Å². The lowest BCUT2D eigenvalue weighted by molar-refractivity contribution is -0.134. The summed E-state index contributed by atoms with van der Waals surface area (Å²) in [6.45, 7) is 2.60. The fraction of sp³-hybridized carbons (Fsp3) is 0.286. The fourth-order valence-corrected chi connectivity index (χ4v) is 5.39. The fourth-order valence-electron chi connectivity index (χ4n) is 5.39. The number of hydrogen-bond donors (Lipinski definition) is 1. The number of ether oxygens (including phenoxy) is 1. The molecule has 4 heterocycles. The van der Waals surface area contributed by atoms with Crippen molar-refractivity contribution >= 4 is 11.8 Å². The Kier molecular flexibility index (Phi) is 5.37. The molecule has 0 unspecified atom stereocenters. The van der Waals surface area contributed by atoms with Crippen LogP contribution in [-0.2, 0) is 24.8 Å². The first-order valence-electron chi connectivity index (χ1n) is 12.4. The van der Waals surface area contributed by atoms with Crippen LogP contribution in [0.25, 0.3) is 33.8 Å². The Morgan fingerprint density at radius 1 is 1.11 bits per heavy atom. The van der Waals surface area contributed by atoms with Gasteiger partial charge in [-0.15, -0.1) is 0 Å². The molecule has 2 aliphatic rings. The molecule has 9 nitrogen and oxygen atoms in total. The lowest BCUT2D eigenvalue weighted by atomic mass is 9.85. The summed E-state index contributed by atoms with van der Waals surface area (Å²) >= 11 is 0. The van der Waals surface area contributed by atoms with Crippen molar-refractivity contribution in [2.24, 2.45) is 12.8 Å². The molecule has 2 amide bonds. The number of fused-ring (bicyclic) bond motifs is 3. The molecule has 0 saturated carbocycles. The Balaban J connectivity index is 1.57. The zero-order valence-corrected chi connectivity index (χ0v) is 21.4. The van der Waals surface area contributed by atoms with Crippen LogP contribution < -0.4 is 10.5 Å². The standard InChI is InChI=1S/C28H27FN6O3/c1-28(27(30)37)10-13-35(28)26(36)25-31-23(16-4-6-18(29)7-5-16)24-19-15-20(21-9-11-33(2)32-21)22(38-3)14-17(19)8-12-34(24)25/h4-7,9,11,14-15H,8,10,12-13H2,1-3H3,(H2,30,37)/t28-/m1/s1. The number of carbonyl (C=O) groups is 2. The summed E-state index contributed by atoms with van der Waals surface area (Å²) in [5.41, 5.74) is 10.1. The lowest BCUT2D eigenvalue weighted by Crippen LogP contribution is -2.66. The predicted octanol–water partition coefficient (Wildman–Crippen LogP) is 3.41. The molecule has 4 aromatic rings. The number of aromatic nitrogens is 4. The van der Waals surface area contributed by atoms with Crippen molar-refractivity contribution in [1.29, 1.82) is 0 Å². The van der Waals surface area contributed by atoms with Crippen LogP contribution in [0.4, 0.5) is 4.39 Å². The summed E-state index contributed by atoms with van der Waals surface area (Å²) in [6.07, 6.45) is 3.01. The molecule has 2 aromatic heterocycles. The second-order valence-electron chi connectivity index (χ2n) is 9.97. The number of methoxy groups -OCH3 is 1. The molecule has 0 aliphatic carbocycles. The maximum Gasteiger partial charge on any atom is 0.290 e. The van der Waals surface area contributed by atoms with Crippen molar-refractivity contribution in [3.63, 3.8) is 0 Å². The minimum atomic E-state index is -1.05. The summed E-state index contributed by atoms with van der Waals surface area (Å²) < 4.78 is 23.1. The van der Waals surface area contributed by atoms with Crippen molar-refractivity contribution in [3.05, 3.63) is 65.9 Å². The summed E-state index contributed by atoms with van der Waals surface area (Å²) in [6, 6.07) is 12.0. The van der Waals surface area contributed by atoms with Gasteiger partial charge in [-0.2, -0.15) is 5.10 Å². The molecular weight excluding hydrogens is 487 g/mol. The van der Waals surface area contributed by atoms with Gasteiger partial charge < -0.3 is 19.9 Å². The molecule has 1 saturated heterocycles. The van der Waals surface area contributed by atoms with Crippen molar-refractivity contribution in [2.75, 3.05) is 13.7 Å². The van der Waals surface area contributed by atoms with E-state index in [1.54, 1.807) is 30.8 Å². The van der Waals surface area contributed by atoms with Crippen LogP contribution in [0.15, 0.2) is 48.7 Å². The zero-order chi connectivity index (χ0) is 26.8. The third-order valence-electron chi connectivity index (χ3n) is 7.75. The molecule has 0 bridgehead atoms. The van der Waals surface area contributed by atoms with E-state index in [1.807, 2.05) is 36.0 Å². The first-order chi connectivity index (χ1) is 18.2. The number of rotatable bonds is 5. The normalized spacial score (nSPS) is 17.9. The molecule has 194 valence electrons. The van der Waals surface area contributed by atoms with Gasteiger partial charge in [0.15, 0.2) is 5.82 Å². The quantitative estimate of drug-likeness (QED) is 0.439. The minimum Gasteiger partial charge on any atom is -0.496 e. The van der Waals surface area contributed by atoms with Crippen molar-refractivity contribution < 1.29 is 18.7 Å². The largest absolute Gasteiger partial charge is 0.496 e. The highest BCUT2D eigenvalue weighted by atomic mass is 19.1. The van der Waals surface area contributed by atoms with Gasteiger partial charge in [-0.1, -0.05) is 0 Å². The number of primary amides is 1. The van der Waals surface area contributed by atoms with E-state index in [1.165, 1.54) is 17.0 Å². The second-order valence-corrected chi connectivity index (χ2v) is 9.97. The van der Waals surface area contributed by atoms with Crippen LogP contribution in [0.5, 0.6) is 5.75 Å². The van der Waals surface area contributed by atoms with Crippen molar-refractivity contribution in [3.8, 4) is 39.5 Å². The molecule has 1 atom stereocenters. The van der Waals surface area contributed by atoms with Crippen LogP contribution in [0.2, 0.25) is 0 Å². The number of halogens is 1. The Hall–Kier alpha value is -4.47. The number of imidazole rings is 1. The molecule has 2 aliphatic heterocycles. The maximum absolute atomic E-state index is 13.8. The maximum atomic E-state index is 13.8. The van der Waals surface area contributed by atoms with E-state index in [0.29, 0.717) is 42.9 Å². The third kappa shape index (κ3) is 3.51. The van der Waals surface area contributed by atoms with Gasteiger partial charge in [0.1, 0.15) is 17.1 Å². The Labute approximate surface area is 218 Å². The van der Waals surface area contributed by atoms with Gasteiger partial charge >= 0.3 is 0 Å². The van der Waals surface area contributed by atoms with E-state index in [2.05, 4.69) is 5.10 Å². The van der Waals surface area contributed by atoms with Gasteiger partial charge in [0.05, 0.1) is 24.2 Å². The highest BCUT2D eigenvalue weighted by Crippen LogP contribution is 2.44. The molecule has 1 fully saturated rings. The van der Waals surface area contributed by atoms with Crippen LogP contribution in [0, 0.1) is 5.82 Å². The SMILES string of the molecule is COc1cc2c(cc1-c1ccn(C)n1)-c1c(-c3ccc(F)cc3)nc(C(=O)N3CC[C@]3(C)C(N)=O)n1CC2. The zero-order valence-electron chi connectivity index (χ0n) is 21.4. The molecule has 10 heteroatoms. The highest BCUT2D eigenvalue weighted by Gasteiger charge is 2.49. The Bertz CT molecular complexity index is 1610. The number of amides is 2. The second kappa shape index (κ2) is 8.54. The molecular formula is C28H27FN6O3. The monoisotopic (exact) mass is 514 g/mol. The molecule has 38 heavy (non-hydrogen) atoms. The van der Waals surface area contributed by atoms with Gasteiger partial charge in [-0.25, -0.2) is 9.37 Å². The number of nitrogens with two attached hydrogens (primary N) is 1. The third-order valence-corrected chi connectivity index (χ3v) is 7.75. The van der Waals surface area contributed by atoms with E-state index in [9.17, 15) is 14.0 Å². The smallest absolute Gasteiger partial charge is 0.290 e. The van der Waals surface area contributed by atoms with E-state index < -0.39 is 11.4 Å². The highest BCUT2D eigenvalue weighted by molar-refractivity contribution is 6.00. The number of likely N-dealkylation sites (tertiary alicyclic amines) is 1. The Morgan fingerprint density at radius 2 is 1.87 bits per heavy atom. The van der Waals surface area contributed by atoms with E-state index in [0.717, 1.165) is 28.1 Å². The number of hydrogen-bond acceptors (Lipinski definition) is 5. The van der Waals surface area contributed by atoms with Crippen molar-refractivity contribution in [1.82, 2.24) is 24.2 Å². The molecule has 6 rings (SSSR count). The van der Waals surface area contributed by atoms with E-state index in [4.69, 9.17) is 15.5 Å². The summed E-state index contributed by atoms with van der Waals surface area (Å²) in [4.78, 5) is 32.2. The molecule has 0 spiro atoms. The summed E-state index contributed by atoms with van der Waals surface area (Å²) in [7, 11) is 3.48. The van der Waals surface area contributed by atoms with E-state index in [-0.39, 0.29) is 17.5 Å². The van der Waals surface area contributed by atoms with Crippen LogP contribution in [0.1, 0.15) is 29.5 Å². The topological polar surface area (TPSA) is 108 Å². The average molecular weight is 515 g/mol. The number of aryl methyl sites for hydroxylation is 2. The van der Waals surface area contributed by atoms with Crippen LogP contribution in [-0.4, -0.2) is 55.2 Å². The Morgan fingerprint density at radius 3 is 2.47 bits per heavy atom. The van der Waals surface area contributed by atoms with E-state index >= 15 is 0 Å². The predicted molar refractivity (Wildman–Crippen MR) is 139 cm³/mol. The first kappa shape index (κ1) is 23.9. The number of benzene rings is 2. The average Bonchev–Trinajstić information content (AvgIpc) is 3.51. The molecule has 2 N–H and O–H groups in total. The summed E-state index contributed by atoms with van der Waals surface area (Å²) in [5, 5.41) is 4.56. The minimum absolute atomic E-state index is 0.229. The van der Waals surface area contributed by atoms with Gasteiger partial charge in [-0.05, 0) is 67.8 Å². The van der Waals surface area contributed by atoms with Crippen molar-refractivity contribution in [2.45, 2.75) is 31.8 Å². The van der Waals surface area contributed by atoms with Gasteiger partial charge in [0.25, 0.3) is 5.91 Å². The lowest BCUT2D eigenvalue weighted by Gasteiger charge is -2.47. The van der Waals surface area contributed by atoms with Gasteiger partial charge in [0, 0.05) is 43.0 Å². The first-order valence-corrected chi connectivity index (χ1v) is 12.4. The van der Waals surface area contributed by atoms with Gasteiger partial charge in [-0.3, -0.25) is 14.3 Å². The molecule has 2 aromatic carbocycles. The summed E-state index contributed by atoms with van der Waals surface area (Å²) in [5.74, 6) is -0.327. The number of carbonyl (C=O) groups excluding carboxylic acids is 2. The van der Waals surface area contributed by atoms with Crippen LogP contribution in [0.3, 0.4) is 0 Å². The van der Waals surface area contributed by atoms with Gasteiger partial charge in [0.2, 0.25) is 5.91 Å². The number of nitrogens with zero attached hydrogens (tertiary/aromatic N) is 5. The molecule has 0 radical (unpaired) electrons.